The molecule has 0 fully saturated rings. The highest BCUT2D eigenvalue weighted by atomic mass is 127. The van der Waals surface area contributed by atoms with Crippen molar-refractivity contribution in [2.45, 2.75) is 31.9 Å². The van der Waals surface area contributed by atoms with Gasteiger partial charge in [-0.3, -0.25) is 0 Å². The van der Waals surface area contributed by atoms with E-state index in [2.05, 4.69) is 45.2 Å². The van der Waals surface area contributed by atoms with Crippen molar-refractivity contribution in [3.05, 3.63) is 24.8 Å². The van der Waals surface area contributed by atoms with E-state index in [1.54, 1.807) is 0 Å². The number of aromatic hydroxyl groups is 1. The van der Waals surface area contributed by atoms with Crippen LogP contribution in [-0.4, -0.2) is 16.3 Å². The lowest BCUT2D eigenvalue weighted by molar-refractivity contribution is 0.133. The first-order chi connectivity index (χ1) is 7.47. The lowest BCUT2D eigenvalue weighted by atomic mass is 9.98. The molecule has 4 N–H and O–H groups in total. The van der Waals surface area contributed by atoms with Gasteiger partial charge in [0.2, 0.25) is 0 Å². The molecule has 2 atom stereocenters. The Morgan fingerprint density at radius 1 is 1.35 bits per heavy atom. The van der Waals surface area contributed by atoms with E-state index in [0.717, 1.165) is 13.6 Å². The molecule has 0 saturated carbocycles. The Balaban J connectivity index is 0.00000256. The number of phenolic OH excluding ortho intramolecular Hbond substituents is 1. The van der Waals surface area contributed by atoms with Gasteiger partial charge in [0.15, 0.2) is 0 Å². The fourth-order valence-electron chi connectivity index (χ4n) is 1.52. The van der Waals surface area contributed by atoms with Gasteiger partial charge in [-0.15, -0.1) is 12.4 Å². The number of halogens is 3. The zero-order valence-electron chi connectivity index (χ0n) is 9.36. The first-order valence-corrected chi connectivity index (χ1v) is 7.24. The van der Waals surface area contributed by atoms with Gasteiger partial charge in [0.1, 0.15) is 5.75 Å². The highest BCUT2D eigenvalue weighted by molar-refractivity contribution is 14.1. The molecule has 0 heterocycles. The molecule has 1 aromatic carbocycles. The van der Waals surface area contributed by atoms with E-state index in [4.69, 9.17) is 5.73 Å². The van der Waals surface area contributed by atoms with Crippen LogP contribution in [0.2, 0.25) is 0 Å². The second-order valence-electron chi connectivity index (χ2n) is 3.71. The van der Waals surface area contributed by atoms with Gasteiger partial charge in [-0.05, 0) is 63.7 Å². The average Bonchev–Trinajstić information content (AvgIpc) is 2.22. The lowest BCUT2D eigenvalue weighted by Crippen LogP contribution is -2.26. The van der Waals surface area contributed by atoms with E-state index in [1.807, 2.05) is 19.1 Å². The van der Waals surface area contributed by atoms with Crippen LogP contribution in [0, 0.1) is 7.14 Å². The van der Waals surface area contributed by atoms with Crippen LogP contribution in [0.5, 0.6) is 5.75 Å². The molecule has 0 aliphatic heterocycles. The normalized spacial score (nSPS) is 13.9. The van der Waals surface area contributed by atoms with Crippen molar-refractivity contribution in [1.29, 1.82) is 0 Å². The third-order valence-electron chi connectivity index (χ3n) is 2.42. The third-order valence-corrected chi connectivity index (χ3v) is 3.86. The van der Waals surface area contributed by atoms with E-state index in [-0.39, 0.29) is 18.2 Å². The average molecular weight is 484 g/mol. The van der Waals surface area contributed by atoms with Gasteiger partial charge >= 0.3 is 0 Å². The van der Waals surface area contributed by atoms with E-state index in [1.165, 1.54) is 0 Å². The maximum atomic E-state index is 9.91. The molecule has 0 radical (unpaired) electrons. The van der Waals surface area contributed by atoms with Gasteiger partial charge in [-0.2, -0.15) is 0 Å². The summed E-state index contributed by atoms with van der Waals surface area (Å²) in [6, 6.07) is 3.17. The molecule has 0 aromatic heterocycles. The predicted molar refractivity (Wildman–Crippen MR) is 88.6 cm³/mol. The molecule has 0 saturated heterocycles. The number of benzene rings is 1. The second kappa shape index (κ2) is 7.98. The molecule has 6 heteroatoms. The lowest BCUT2D eigenvalue weighted by Gasteiger charge is -2.20. The van der Waals surface area contributed by atoms with Crippen LogP contribution in [-0.2, 0) is 0 Å². The van der Waals surface area contributed by atoms with Crippen LogP contribution in [0.25, 0.3) is 0 Å². The Morgan fingerprint density at radius 3 is 2.47 bits per heavy atom. The van der Waals surface area contributed by atoms with Gasteiger partial charge in [-0.25, -0.2) is 0 Å². The Bertz CT molecular complexity index is 377. The summed E-state index contributed by atoms with van der Waals surface area (Å²) in [5.41, 5.74) is 6.57. The van der Waals surface area contributed by atoms with Crippen LogP contribution >= 0.6 is 57.6 Å². The first-order valence-electron chi connectivity index (χ1n) is 5.09. The fraction of sp³-hybridized carbons (Fsp3) is 0.455. The van der Waals surface area contributed by atoms with Crippen molar-refractivity contribution in [2.75, 3.05) is 0 Å². The number of aliphatic hydroxyl groups is 1. The standard InChI is InChI=1S/C11H15I2NO2.ClH/c1-2-3-9(15)10(14)7-4-6(12)5-8(13)11(7)16;/h4-5,9-10,15-16H,2-3,14H2,1H3;1H/t9-,10+;/m0./s1. The highest BCUT2D eigenvalue weighted by Crippen LogP contribution is 2.32. The molecular weight excluding hydrogens is 467 g/mol. The van der Waals surface area contributed by atoms with Gasteiger partial charge in [0.05, 0.1) is 15.7 Å². The Hall–Kier alpha value is 0.690. The zero-order valence-corrected chi connectivity index (χ0v) is 14.5. The van der Waals surface area contributed by atoms with E-state index < -0.39 is 12.1 Å². The van der Waals surface area contributed by atoms with E-state index in [9.17, 15) is 10.2 Å². The fourth-order valence-corrected chi connectivity index (χ4v) is 3.41. The first kappa shape index (κ1) is 17.7. The van der Waals surface area contributed by atoms with Crippen molar-refractivity contribution in [3.8, 4) is 5.75 Å². The number of phenols is 1. The van der Waals surface area contributed by atoms with Crippen molar-refractivity contribution in [3.63, 3.8) is 0 Å². The molecule has 17 heavy (non-hydrogen) atoms. The summed E-state index contributed by atoms with van der Waals surface area (Å²) in [7, 11) is 0. The topological polar surface area (TPSA) is 66.5 Å². The second-order valence-corrected chi connectivity index (χ2v) is 6.12. The summed E-state index contributed by atoms with van der Waals surface area (Å²) in [5, 5.41) is 19.7. The molecule has 0 bridgehead atoms. The van der Waals surface area contributed by atoms with Gasteiger partial charge in [0, 0.05) is 9.13 Å². The minimum absolute atomic E-state index is 0. The maximum absolute atomic E-state index is 9.91. The van der Waals surface area contributed by atoms with Gasteiger partial charge < -0.3 is 15.9 Å². The summed E-state index contributed by atoms with van der Waals surface area (Å²) in [5.74, 6) is 0.184. The van der Waals surface area contributed by atoms with Crippen LogP contribution in [0.15, 0.2) is 12.1 Å². The Labute approximate surface area is 135 Å². The number of aliphatic hydroxyl groups excluding tert-OH is 1. The predicted octanol–water partition coefficient (Wildman–Crippen LogP) is 3.18. The highest BCUT2D eigenvalue weighted by Gasteiger charge is 2.20. The third kappa shape index (κ3) is 4.70. The van der Waals surface area contributed by atoms with Crippen LogP contribution in [0.3, 0.4) is 0 Å². The van der Waals surface area contributed by atoms with Crippen LogP contribution in [0.4, 0.5) is 0 Å². The number of hydrogen-bond acceptors (Lipinski definition) is 3. The van der Waals surface area contributed by atoms with Crippen molar-refractivity contribution < 1.29 is 10.2 Å². The van der Waals surface area contributed by atoms with Gasteiger partial charge in [-0.1, -0.05) is 13.3 Å². The van der Waals surface area contributed by atoms with Crippen molar-refractivity contribution in [1.82, 2.24) is 0 Å². The molecule has 0 spiro atoms. The minimum atomic E-state index is -0.607. The molecule has 98 valence electrons. The van der Waals surface area contributed by atoms with Crippen LogP contribution < -0.4 is 5.73 Å². The van der Waals surface area contributed by atoms with E-state index >= 15 is 0 Å². The molecule has 0 aliphatic carbocycles. The Morgan fingerprint density at radius 2 is 1.94 bits per heavy atom. The quantitative estimate of drug-likeness (QED) is 0.577. The van der Waals surface area contributed by atoms with Crippen LogP contribution in [0.1, 0.15) is 31.4 Å². The molecule has 1 aromatic rings. The largest absolute Gasteiger partial charge is 0.506 e. The molecule has 0 amide bonds. The maximum Gasteiger partial charge on any atom is 0.133 e. The molecule has 0 aliphatic rings. The summed E-state index contributed by atoms with van der Waals surface area (Å²) < 4.78 is 1.77. The van der Waals surface area contributed by atoms with E-state index in [0.29, 0.717) is 12.0 Å². The summed E-state index contributed by atoms with van der Waals surface area (Å²) in [6.45, 7) is 1.99. The Kier molecular flexibility index (Phi) is 8.30. The number of hydrogen-bond donors (Lipinski definition) is 3. The summed E-state index contributed by atoms with van der Waals surface area (Å²) in [6.07, 6.45) is 0.907. The molecule has 1 rings (SSSR count). The minimum Gasteiger partial charge on any atom is -0.506 e. The smallest absolute Gasteiger partial charge is 0.133 e. The monoisotopic (exact) mass is 483 g/mol. The summed E-state index contributed by atoms with van der Waals surface area (Å²) in [4.78, 5) is 0. The van der Waals surface area contributed by atoms with Gasteiger partial charge in [0.25, 0.3) is 0 Å². The molecule has 0 unspecified atom stereocenters. The van der Waals surface area contributed by atoms with Crippen molar-refractivity contribution in [2.24, 2.45) is 5.73 Å². The van der Waals surface area contributed by atoms with Crippen molar-refractivity contribution >= 4 is 57.6 Å². The number of rotatable bonds is 4. The summed E-state index contributed by atoms with van der Waals surface area (Å²) >= 11 is 4.23. The molecule has 3 nitrogen and oxygen atoms in total. The zero-order chi connectivity index (χ0) is 12.3. The SMILES string of the molecule is CCC[C@H](O)[C@H](N)c1cc(I)cc(I)c1O.Cl. The molecular formula is C11H16ClI2NO2. The number of nitrogens with two attached hydrogens (primary N) is 1.